The molecule has 9 heteroatoms. The van der Waals surface area contributed by atoms with Gasteiger partial charge in [0.1, 0.15) is 0 Å². The summed E-state index contributed by atoms with van der Waals surface area (Å²) < 4.78 is 45.7. The number of anilines is 1. The SMILES string of the molecule is Cc1cccc(-c2nnc([C@H](C)N(C)CC(=O)Nc3ccc(F)c(F)c3F)o2)c1. The second-order valence-electron chi connectivity index (χ2n) is 6.68. The first kappa shape index (κ1) is 20.5. The average Bonchev–Trinajstić information content (AvgIpc) is 3.18. The van der Waals surface area contributed by atoms with E-state index in [-0.39, 0.29) is 6.54 Å². The quantitative estimate of drug-likeness (QED) is 0.627. The van der Waals surface area contributed by atoms with Crippen LogP contribution in [0.1, 0.15) is 24.4 Å². The minimum Gasteiger partial charge on any atom is -0.419 e. The van der Waals surface area contributed by atoms with Gasteiger partial charge in [0.2, 0.25) is 17.7 Å². The molecule has 152 valence electrons. The fourth-order valence-corrected chi connectivity index (χ4v) is 2.66. The van der Waals surface area contributed by atoms with Crippen LogP contribution >= 0.6 is 0 Å². The first-order valence-electron chi connectivity index (χ1n) is 8.80. The van der Waals surface area contributed by atoms with Gasteiger partial charge in [-0.2, -0.15) is 0 Å². The number of likely N-dealkylation sites (N-methyl/N-ethyl adjacent to an activating group) is 1. The summed E-state index contributed by atoms with van der Waals surface area (Å²) in [4.78, 5) is 13.8. The molecule has 6 nitrogen and oxygen atoms in total. The van der Waals surface area contributed by atoms with Crippen molar-refractivity contribution >= 4 is 11.6 Å². The minimum atomic E-state index is -1.64. The Labute approximate surface area is 165 Å². The number of amides is 1. The van der Waals surface area contributed by atoms with Crippen LogP contribution in [-0.2, 0) is 4.79 Å². The molecular weight excluding hydrogens is 385 g/mol. The Morgan fingerprint density at radius 2 is 1.93 bits per heavy atom. The van der Waals surface area contributed by atoms with Crippen molar-refractivity contribution in [3.05, 3.63) is 65.3 Å². The molecule has 0 bridgehead atoms. The van der Waals surface area contributed by atoms with E-state index in [9.17, 15) is 18.0 Å². The predicted octanol–water partition coefficient (Wildman–Crippen LogP) is 4.09. The Balaban J connectivity index is 1.65. The molecule has 0 unspecified atom stereocenters. The highest BCUT2D eigenvalue weighted by Gasteiger charge is 2.22. The normalized spacial score (nSPS) is 12.2. The summed E-state index contributed by atoms with van der Waals surface area (Å²) in [5.41, 5.74) is 1.40. The van der Waals surface area contributed by atoms with Gasteiger partial charge >= 0.3 is 0 Å². The third-order valence-electron chi connectivity index (χ3n) is 4.43. The molecule has 2 aromatic carbocycles. The minimum absolute atomic E-state index is 0.165. The lowest BCUT2D eigenvalue weighted by Crippen LogP contribution is -2.32. The number of nitrogens with one attached hydrogen (secondary N) is 1. The van der Waals surface area contributed by atoms with Crippen LogP contribution in [0.4, 0.5) is 18.9 Å². The second kappa shape index (κ2) is 8.44. The van der Waals surface area contributed by atoms with Crippen molar-refractivity contribution in [3.8, 4) is 11.5 Å². The molecule has 29 heavy (non-hydrogen) atoms. The molecule has 1 aromatic heterocycles. The van der Waals surface area contributed by atoms with Crippen molar-refractivity contribution in [1.29, 1.82) is 0 Å². The first-order valence-corrected chi connectivity index (χ1v) is 8.80. The number of aromatic nitrogens is 2. The second-order valence-corrected chi connectivity index (χ2v) is 6.68. The molecule has 1 amide bonds. The molecule has 0 fully saturated rings. The zero-order valence-corrected chi connectivity index (χ0v) is 16.0. The van der Waals surface area contributed by atoms with E-state index in [1.807, 2.05) is 31.2 Å². The molecule has 1 heterocycles. The lowest BCUT2D eigenvalue weighted by Gasteiger charge is -2.21. The van der Waals surface area contributed by atoms with Crippen molar-refractivity contribution in [2.75, 3.05) is 18.9 Å². The maximum Gasteiger partial charge on any atom is 0.247 e. The van der Waals surface area contributed by atoms with Gasteiger partial charge in [-0.05, 0) is 45.2 Å². The largest absolute Gasteiger partial charge is 0.419 e. The molecule has 0 aliphatic heterocycles. The standard InChI is InChI=1S/C20H19F3N4O2/c1-11-5-4-6-13(9-11)20-26-25-19(29-20)12(2)27(3)10-16(28)24-15-8-7-14(21)17(22)18(15)23/h4-9,12H,10H2,1-3H3,(H,24,28)/t12-/m0/s1. The number of nitrogens with zero attached hydrogens (tertiary/aromatic N) is 3. The Kier molecular flexibility index (Phi) is 5.97. The summed E-state index contributed by atoms with van der Waals surface area (Å²) in [5.74, 6) is -4.37. The number of carbonyl (C=O) groups excluding carboxylic acids is 1. The first-order chi connectivity index (χ1) is 13.8. The van der Waals surface area contributed by atoms with Gasteiger partial charge < -0.3 is 9.73 Å². The molecule has 1 atom stereocenters. The molecule has 0 saturated carbocycles. The number of benzene rings is 2. The van der Waals surface area contributed by atoms with E-state index in [4.69, 9.17) is 4.42 Å². The average molecular weight is 404 g/mol. The zero-order valence-electron chi connectivity index (χ0n) is 16.0. The Morgan fingerprint density at radius 3 is 2.66 bits per heavy atom. The smallest absolute Gasteiger partial charge is 0.247 e. The van der Waals surface area contributed by atoms with Crippen molar-refractivity contribution in [2.45, 2.75) is 19.9 Å². The summed E-state index contributed by atoms with van der Waals surface area (Å²) in [6.45, 7) is 3.55. The third kappa shape index (κ3) is 4.62. The van der Waals surface area contributed by atoms with Crippen LogP contribution in [0.25, 0.3) is 11.5 Å². The fraction of sp³-hybridized carbons (Fsp3) is 0.250. The van der Waals surface area contributed by atoms with E-state index >= 15 is 0 Å². The highest BCUT2D eigenvalue weighted by Crippen LogP contribution is 2.24. The van der Waals surface area contributed by atoms with Crippen LogP contribution in [0.15, 0.2) is 40.8 Å². The summed E-state index contributed by atoms with van der Waals surface area (Å²) >= 11 is 0. The van der Waals surface area contributed by atoms with Gasteiger partial charge in [0.15, 0.2) is 17.5 Å². The summed E-state index contributed by atoms with van der Waals surface area (Å²) in [7, 11) is 1.64. The van der Waals surface area contributed by atoms with Gasteiger partial charge in [0.05, 0.1) is 18.3 Å². The van der Waals surface area contributed by atoms with E-state index in [1.165, 1.54) is 0 Å². The molecule has 3 aromatic rings. The van der Waals surface area contributed by atoms with Gasteiger partial charge in [-0.3, -0.25) is 9.69 Å². The van der Waals surface area contributed by atoms with Gasteiger partial charge in [-0.15, -0.1) is 10.2 Å². The van der Waals surface area contributed by atoms with Crippen LogP contribution in [0, 0.1) is 24.4 Å². The van der Waals surface area contributed by atoms with Gasteiger partial charge in [-0.1, -0.05) is 17.7 Å². The van der Waals surface area contributed by atoms with E-state index < -0.39 is 35.1 Å². The fourth-order valence-electron chi connectivity index (χ4n) is 2.66. The van der Waals surface area contributed by atoms with Crippen LogP contribution in [0.2, 0.25) is 0 Å². The van der Waals surface area contributed by atoms with Crippen molar-refractivity contribution in [3.63, 3.8) is 0 Å². The number of carbonyl (C=O) groups is 1. The zero-order chi connectivity index (χ0) is 21.1. The van der Waals surface area contributed by atoms with Crippen molar-refractivity contribution < 1.29 is 22.4 Å². The van der Waals surface area contributed by atoms with E-state index in [1.54, 1.807) is 18.9 Å². The highest BCUT2D eigenvalue weighted by molar-refractivity contribution is 5.92. The molecule has 0 spiro atoms. The lowest BCUT2D eigenvalue weighted by molar-refractivity contribution is -0.117. The van der Waals surface area contributed by atoms with E-state index in [0.29, 0.717) is 11.8 Å². The Hall–Kier alpha value is -3.20. The topological polar surface area (TPSA) is 71.3 Å². The van der Waals surface area contributed by atoms with Crippen LogP contribution in [-0.4, -0.2) is 34.6 Å². The van der Waals surface area contributed by atoms with Gasteiger partial charge in [0, 0.05) is 5.56 Å². The highest BCUT2D eigenvalue weighted by atomic mass is 19.2. The Morgan fingerprint density at radius 1 is 1.17 bits per heavy atom. The monoisotopic (exact) mass is 404 g/mol. The molecular formula is C20H19F3N4O2. The Bertz CT molecular complexity index is 1040. The van der Waals surface area contributed by atoms with Crippen LogP contribution < -0.4 is 5.32 Å². The maximum atomic E-state index is 13.7. The molecule has 0 saturated heterocycles. The molecule has 1 N–H and O–H groups in total. The van der Waals surface area contributed by atoms with Crippen LogP contribution in [0.3, 0.4) is 0 Å². The van der Waals surface area contributed by atoms with Gasteiger partial charge in [-0.25, -0.2) is 13.2 Å². The lowest BCUT2D eigenvalue weighted by atomic mass is 10.1. The number of hydrogen-bond acceptors (Lipinski definition) is 5. The number of hydrogen-bond donors (Lipinski definition) is 1. The third-order valence-corrected chi connectivity index (χ3v) is 4.43. The van der Waals surface area contributed by atoms with E-state index in [0.717, 1.165) is 23.3 Å². The summed E-state index contributed by atoms with van der Waals surface area (Å²) in [6.07, 6.45) is 0. The molecule has 0 aliphatic rings. The maximum absolute atomic E-state index is 13.7. The molecule has 3 rings (SSSR count). The number of aryl methyl sites for hydroxylation is 1. The predicted molar refractivity (Wildman–Crippen MR) is 100 cm³/mol. The summed E-state index contributed by atoms with van der Waals surface area (Å²) in [6, 6.07) is 8.88. The van der Waals surface area contributed by atoms with Crippen LogP contribution in [0.5, 0.6) is 0 Å². The summed E-state index contributed by atoms with van der Waals surface area (Å²) in [5, 5.41) is 10.3. The molecule has 0 aliphatic carbocycles. The molecule has 0 radical (unpaired) electrons. The van der Waals surface area contributed by atoms with Crippen molar-refractivity contribution in [1.82, 2.24) is 15.1 Å². The number of halogens is 3. The van der Waals surface area contributed by atoms with E-state index in [2.05, 4.69) is 15.5 Å². The van der Waals surface area contributed by atoms with Gasteiger partial charge in [0.25, 0.3) is 0 Å². The number of rotatable bonds is 6. The van der Waals surface area contributed by atoms with Crippen molar-refractivity contribution in [2.24, 2.45) is 0 Å².